The van der Waals surface area contributed by atoms with Gasteiger partial charge >= 0.3 is 0 Å². The first-order valence-electron chi connectivity index (χ1n) is 5.98. The second-order valence-electron chi connectivity index (χ2n) is 4.47. The Bertz CT molecular complexity index is 340. The topological polar surface area (TPSA) is 30.5 Å². The number of aryl methyl sites for hydroxylation is 2. The van der Waals surface area contributed by atoms with E-state index >= 15 is 0 Å². The predicted molar refractivity (Wildman–Crippen MR) is 70.6 cm³/mol. The Morgan fingerprint density at radius 1 is 1.24 bits per heavy atom. The van der Waals surface area contributed by atoms with E-state index in [0.717, 1.165) is 12.3 Å². The highest BCUT2D eigenvalue weighted by Gasteiger charge is 2.10. The van der Waals surface area contributed by atoms with Crippen LogP contribution in [0.2, 0.25) is 0 Å². The molecule has 3 nitrogen and oxygen atoms in total. The second kappa shape index (κ2) is 6.62. The Balaban J connectivity index is 2.85. The summed E-state index contributed by atoms with van der Waals surface area (Å²) in [5, 5.41) is 3.16. The van der Waals surface area contributed by atoms with Gasteiger partial charge in [0.05, 0.1) is 6.61 Å². The number of benzene rings is 1. The summed E-state index contributed by atoms with van der Waals surface area (Å²) in [6, 6.07) is 4.33. The lowest BCUT2D eigenvalue weighted by Crippen LogP contribution is -2.19. The average molecular weight is 237 g/mol. The Labute approximate surface area is 104 Å². The van der Waals surface area contributed by atoms with Gasteiger partial charge in [-0.2, -0.15) is 0 Å². The first-order chi connectivity index (χ1) is 8.08. The molecular weight excluding hydrogens is 214 g/mol. The molecular formula is C14H23NO2. The summed E-state index contributed by atoms with van der Waals surface area (Å²) < 4.78 is 11.0. The van der Waals surface area contributed by atoms with Crippen LogP contribution in [0.1, 0.15) is 23.6 Å². The zero-order valence-corrected chi connectivity index (χ0v) is 11.5. The number of methoxy groups -OCH3 is 1. The molecule has 0 radical (unpaired) electrons. The lowest BCUT2D eigenvalue weighted by molar-refractivity contribution is 0.0911. The van der Waals surface area contributed by atoms with Gasteiger partial charge in [-0.15, -0.1) is 0 Å². The Kier molecular flexibility index (Phi) is 5.45. The maximum absolute atomic E-state index is 5.90. The quantitative estimate of drug-likeness (QED) is 0.824. The molecule has 1 aromatic rings. The fraction of sp³-hybridized carbons (Fsp3) is 0.571. The van der Waals surface area contributed by atoms with Crippen molar-refractivity contribution in [1.29, 1.82) is 0 Å². The van der Waals surface area contributed by atoms with E-state index in [1.165, 1.54) is 16.7 Å². The monoisotopic (exact) mass is 237 g/mol. The molecule has 0 saturated carbocycles. The highest BCUT2D eigenvalue weighted by molar-refractivity contribution is 5.43. The van der Waals surface area contributed by atoms with E-state index in [1.54, 1.807) is 7.11 Å². The third-order valence-corrected chi connectivity index (χ3v) is 2.62. The predicted octanol–water partition coefficient (Wildman–Crippen LogP) is 2.44. The molecule has 0 amide bonds. The van der Waals surface area contributed by atoms with Crippen LogP contribution in [0.5, 0.6) is 5.75 Å². The fourth-order valence-electron chi connectivity index (χ4n) is 2.00. The Morgan fingerprint density at radius 2 is 1.82 bits per heavy atom. The van der Waals surface area contributed by atoms with Crippen molar-refractivity contribution >= 4 is 0 Å². The van der Waals surface area contributed by atoms with Crippen molar-refractivity contribution < 1.29 is 9.47 Å². The SMILES string of the molecule is CNCc1cc(C)c(OC(C)COC)c(C)c1. The molecule has 96 valence electrons. The molecule has 1 N–H and O–H groups in total. The summed E-state index contributed by atoms with van der Waals surface area (Å²) in [5.41, 5.74) is 3.64. The minimum absolute atomic E-state index is 0.0764. The van der Waals surface area contributed by atoms with E-state index in [4.69, 9.17) is 9.47 Å². The highest BCUT2D eigenvalue weighted by Crippen LogP contribution is 2.25. The number of rotatable bonds is 6. The van der Waals surface area contributed by atoms with Crippen molar-refractivity contribution in [3.63, 3.8) is 0 Å². The van der Waals surface area contributed by atoms with E-state index in [-0.39, 0.29) is 6.10 Å². The average Bonchev–Trinajstić information content (AvgIpc) is 2.24. The van der Waals surface area contributed by atoms with E-state index in [1.807, 2.05) is 14.0 Å². The molecule has 0 aliphatic carbocycles. The summed E-state index contributed by atoms with van der Waals surface area (Å²) in [6.07, 6.45) is 0.0764. The Morgan fingerprint density at radius 3 is 2.29 bits per heavy atom. The van der Waals surface area contributed by atoms with Crippen LogP contribution in [0.4, 0.5) is 0 Å². The maximum Gasteiger partial charge on any atom is 0.125 e. The number of nitrogens with one attached hydrogen (secondary N) is 1. The second-order valence-corrected chi connectivity index (χ2v) is 4.47. The highest BCUT2D eigenvalue weighted by atomic mass is 16.5. The first kappa shape index (κ1) is 14.0. The normalized spacial score (nSPS) is 12.5. The van der Waals surface area contributed by atoms with Crippen molar-refractivity contribution in [2.24, 2.45) is 0 Å². The summed E-state index contributed by atoms with van der Waals surface area (Å²) in [7, 11) is 3.64. The molecule has 1 unspecified atom stereocenters. The van der Waals surface area contributed by atoms with Crippen LogP contribution in [0.25, 0.3) is 0 Å². The third kappa shape index (κ3) is 4.02. The van der Waals surface area contributed by atoms with Gasteiger partial charge in [-0.05, 0) is 44.5 Å². The smallest absolute Gasteiger partial charge is 0.125 e. The molecule has 0 saturated heterocycles. The zero-order chi connectivity index (χ0) is 12.8. The van der Waals surface area contributed by atoms with E-state index in [2.05, 4.69) is 31.3 Å². The van der Waals surface area contributed by atoms with E-state index in [0.29, 0.717) is 6.61 Å². The Hall–Kier alpha value is -1.06. The molecule has 1 atom stereocenters. The van der Waals surface area contributed by atoms with Gasteiger partial charge in [-0.25, -0.2) is 0 Å². The summed E-state index contributed by atoms with van der Waals surface area (Å²) in [4.78, 5) is 0. The van der Waals surface area contributed by atoms with Gasteiger partial charge in [0.25, 0.3) is 0 Å². The summed E-state index contributed by atoms with van der Waals surface area (Å²) in [5.74, 6) is 0.981. The van der Waals surface area contributed by atoms with Gasteiger partial charge in [0, 0.05) is 13.7 Å². The molecule has 0 fully saturated rings. The van der Waals surface area contributed by atoms with Crippen LogP contribution in [0, 0.1) is 13.8 Å². The number of ether oxygens (including phenoxy) is 2. The molecule has 0 spiro atoms. The molecule has 0 bridgehead atoms. The van der Waals surface area contributed by atoms with Crippen molar-refractivity contribution in [3.05, 3.63) is 28.8 Å². The standard InChI is InChI=1S/C14H23NO2/c1-10-6-13(8-15-4)7-11(2)14(10)17-12(3)9-16-5/h6-7,12,15H,8-9H2,1-5H3. The van der Waals surface area contributed by atoms with Crippen molar-refractivity contribution in [2.45, 2.75) is 33.4 Å². The van der Waals surface area contributed by atoms with Crippen molar-refractivity contribution in [1.82, 2.24) is 5.32 Å². The van der Waals surface area contributed by atoms with Crippen molar-refractivity contribution in [3.8, 4) is 5.75 Å². The van der Waals surface area contributed by atoms with Gasteiger partial charge in [0.1, 0.15) is 11.9 Å². The van der Waals surface area contributed by atoms with Crippen LogP contribution >= 0.6 is 0 Å². The van der Waals surface area contributed by atoms with Crippen LogP contribution in [-0.2, 0) is 11.3 Å². The zero-order valence-electron chi connectivity index (χ0n) is 11.5. The van der Waals surface area contributed by atoms with Gasteiger partial charge in [-0.1, -0.05) is 12.1 Å². The molecule has 0 aliphatic rings. The van der Waals surface area contributed by atoms with Crippen LogP contribution in [0.15, 0.2) is 12.1 Å². The number of hydrogen-bond acceptors (Lipinski definition) is 3. The third-order valence-electron chi connectivity index (χ3n) is 2.62. The maximum atomic E-state index is 5.90. The van der Waals surface area contributed by atoms with Gasteiger partial charge in [0.2, 0.25) is 0 Å². The minimum Gasteiger partial charge on any atom is -0.488 e. The first-order valence-corrected chi connectivity index (χ1v) is 5.98. The molecule has 1 aromatic carbocycles. The minimum atomic E-state index is 0.0764. The van der Waals surface area contributed by atoms with Gasteiger partial charge in [-0.3, -0.25) is 0 Å². The van der Waals surface area contributed by atoms with Crippen LogP contribution < -0.4 is 10.1 Å². The summed E-state index contributed by atoms with van der Waals surface area (Å²) in [6.45, 7) is 7.68. The fourth-order valence-corrected chi connectivity index (χ4v) is 2.00. The molecule has 1 rings (SSSR count). The van der Waals surface area contributed by atoms with Gasteiger partial charge < -0.3 is 14.8 Å². The van der Waals surface area contributed by atoms with Crippen LogP contribution in [0.3, 0.4) is 0 Å². The molecule has 0 aromatic heterocycles. The van der Waals surface area contributed by atoms with Crippen molar-refractivity contribution in [2.75, 3.05) is 20.8 Å². The number of hydrogen-bond donors (Lipinski definition) is 1. The molecule has 17 heavy (non-hydrogen) atoms. The largest absolute Gasteiger partial charge is 0.488 e. The van der Waals surface area contributed by atoms with E-state index < -0.39 is 0 Å². The van der Waals surface area contributed by atoms with Crippen LogP contribution in [-0.4, -0.2) is 26.9 Å². The van der Waals surface area contributed by atoms with E-state index in [9.17, 15) is 0 Å². The molecule has 3 heteroatoms. The summed E-state index contributed by atoms with van der Waals surface area (Å²) >= 11 is 0. The lowest BCUT2D eigenvalue weighted by atomic mass is 10.1. The lowest BCUT2D eigenvalue weighted by Gasteiger charge is -2.18. The molecule has 0 heterocycles. The van der Waals surface area contributed by atoms with Gasteiger partial charge in [0.15, 0.2) is 0 Å². The molecule has 0 aliphatic heterocycles.